The summed E-state index contributed by atoms with van der Waals surface area (Å²) in [6.07, 6.45) is 5.00. The Morgan fingerprint density at radius 1 is 1.03 bits per heavy atom. The molecule has 6 rings (SSSR count). The molecule has 3 aliphatic rings. The Morgan fingerprint density at radius 2 is 1.82 bits per heavy atom. The molecule has 7 heteroatoms. The fourth-order valence-corrected chi connectivity index (χ4v) is 6.33. The van der Waals surface area contributed by atoms with Crippen LogP contribution in [0, 0.1) is 9.62 Å². The van der Waals surface area contributed by atoms with E-state index in [2.05, 4.69) is 57.2 Å². The first-order valence-corrected chi connectivity index (χ1v) is 12.6. The standard InChI is InChI=1S/C26H25IN4O2/c27-24-20-14-22-19(18-9-6-10-21(29-24)23(18)20)13-16(25(32)30-11-4-5-12-30)15-31(22)26(33)28-17-7-2-1-3-8-17/h1-3,6-10,13,16,22,29H,4-5,11-12,14-15H2,(H,28,33)/t16-,22-/m1/s1. The molecule has 3 aromatic rings. The topological polar surface area (TPSA) is 68.4 Å². The molecule has 3 heterocycles. The molecule has 1 fully saturated rings. The predicted molar refractivity (Wildman–Crippen MR) is 138 cm³/mol. The molecule has 0 unspecified atom stereocenters. The van der Waals surface area contributed by atoms with Crippen LogP contribution in [-0.4, -0.2) is 52.4 Å². The quantitative estimate of drug-likeness (QED) is 0.446. The number of rotatable bonds is 2. The zero-order chi connectivity index (χ0) is 22.5. The van der Waals surface area contributed by atoms with Crippen LogP contribution in [0.3, 0.4) is 0 Å². The Balaban J connectivity index is 1.42. The van der Waals surface area contributed by atoms with Crippen molar-refractivity contribution in [2.45, 2.75) is 25.3 Å². The SMILES string of the molecule is O=C([C@@H]1C=C2c3cccc4[nH]c(I)c(c34)C[C@H]2N(C(=O)Nc2ccccc2)C1)N1CCCC1. The van der Waals surface area contributed by atoms with E-state index in [0.29, 0.717) is 6.54 Å². The van der Waals surface area contributed by atoms with Gasteiger partial charge in [-0.3, -0.25) is 4.79 Å². The Kier molecular flexibility index (Phi) is 5.16. The lowest BCUT2D eigenvalue weighted by Gasteiger charge is -2.42. The van der Waals surface area contributed by atoms with Crippen molar-refractivity contribution in [2.75, 3.05) is 25.0 Å². The zero-order valence-corrected chi connectivity index (χ0v) is 20.3. The maximum Gasteiger partial charge on any atom is 0.322 e. The third-order valence-electron chi connectivity index (χ3n) is 7.11. The van der Waals surface area contributed by atoms with Gasteiger partial charge in [-0.15, -0.1) is 0 Å². The number of para-hydroxylation sites is 1. The maximum atomic E-state index is 13.5. The van der Waals surface area contributed by atoms with Crippen molar-refractivity contribution in [3.63, 3.8) is 0 Å². The van der Waals surface area contributed by atoms with Crippen molar-refractivity contribution in [3.8, 4) is 0 Å². The third kappa shape index (κ3) is 3.53. The molecule has 2 N–H and O–H groups in total. The van der Waals surface area contributed by atoms with Crippen LogP contribution in [0.4, 0.5) is 10.5 Å². The average molecular weight is 552 g/mol. The molecule has 1 saturated heterocycles. The Bertz CT molecular complexity index is 1280. The van der Waals surface area contributed by atoms with Crippen molar-refractivity contribution in [1.82, 2.24) is 14.8 Å². The van der Waals surface area contributed by atoms with Crippen molar-refractivity contribution < 1.29 is 9.59 Å². The molecule has 1 aromatic heterocycles. The van der Waals surface area contributed by atoms with E-state index in [4.69, 9.17) is 0 Å². The highest BCUT2D eigenvalue weighted by Crippen LogP contribution is 2.43. The maximum absolute atomic E-state index is 13.5. The summed E-state index contributed by atoms with van der Waals surface area (Å²) >= 11 is 2.36. The number of anilines is 1. The Hall–Kier alpha value is -2.81. The largest absolute Gasteiger partial charge is 0.350 e. The van der Waals surface area contributed by atoms with E-state index in [1.165, 1.54) is 10.9 Å². The number of fused-ring (bicyclic) bond motifs is 2. The summed E-state index contributed by atoms with van der Waals surface area (Å²) in [6.45, 7) is 2.02. The molecule has 2 atom stereocenters. The van der Waals surface area contributed by atoms with Gasteiger partial charge >= 0.3 is 6.03 Å². The summed E-state index contributed by atoms with van der Waals surface area (Å²) in [5, 5.41) is 4.28. The number of nitrogens with one attached hydrogen (secondary N) is 2. The minimum atomic E-state index is -0.328. The highest BCUT2D eigenvalue weighted by atomic mass is 127. The minimum absolute atomic E-state index is 0.0984. The highest BCUT2D eigenvalue weighted by molar-refractivity contribution is 14.1. The van der Waals surface area contributed by atoms with Crippen LogP contribution in [0.15, 0.2) is 54.6 Å². The van der Waals surface area contributed by atoms with Gasteiger partial charge in [-0.2, -0.15) is 0 Å². The second kappa shape index (κ2) is 8.20. The molecule has 2 aliphatic heterocycles. The molecule has 3 amide bonds. The van der Waals surface area contributed by atoms with Gasteiger partial charge in [0.1, 0.15) is 0 Å². The molecule has 6 nitrogen and oxygen atoms in total. The Labute approximate surface area is 206 Å². The molecule has 0 spiro atoms. The van der Waals surface area contributed by atoms with E-state index < -0.39 is 0 Å². The van der Waals surface area contributed by atoms with Crippen LogP contribution in [0.2, 0.25) is 0 Å². The number of likely N-dealkylation sites (tertiary alicyclic amines) is 1. The summed E-state index contributed by atoms with van der Waals surface area (Å²) in [5.41, 5.74) is 5.35. The number of urea groups is 1. The van der Waals surface area contributed by atoms with E-state index in [1.54, 1.807) is 0 Å². The number of hydrogen-bond acceptors (Lipinski definition) is 2. The monoisotopic (exact) mass is 552 g/mol. The van der Waals surface area contributed by atoms with E-state index in [9.17, 15) is 9.59 Å². The van der Waals surface area contributed by atoms with Crippen LogP contribution in [0.25, 0.3) is 16.5 Å². The van der Waals surface area contributed by atoms with Crippen LogP contribution >= 0.6 is 22.6 Å². The van der Waals surface area contributed by atoms with Crippen LogP contribution < -0.4 is 5.32 Å². The number of aromatic amines is 1. The number of nitrogens with zero attached hydrogens (tertiary/aromatic N) is 2. The number of carbonyl (C=O) groups is 2. The number of hydrogen-bond donors (Lipinski definition) is 2. The lowest BCUT2D eigenvalue weighted by Crippen LogP contribution is -2.52. The van der Waals surface area contributed by atoms with Crippen molar-refractivity contribution in [2.24, 2.45) is 5.92 Å². The zero-order valence-electron chi connectivity index (χ0n) is 18.2. The number of amides is 3. The molecule has 2 aromatic carbocycles. The summed E-state index contributed by atoms with van der Waals surface area (Å²) in [4.78, 5) is 34.3. The van der Waals surface area contributed by atoms with Crippen LogP contribution in [-0.2, 0) is 11.2 Å². The summed E-state index contributed by atoms with van der Waals surface area (Å²) < 4.78 is 1.12. The molecule has 1 aliphatic carbocycles. The molecular formula is C26H25IN4O2. The third-order valence-corrected chi connectivity index (χ3v) is 8.04. The van der Waals surface area contributed by atoms with Crippen LogP contribution in [0.1, 0.15) is 24.0 Å². The lowest BCUT2D eigenvalue weighted by atomic mass is 9.79. The van der Waals surface area contributed by atoms with Gasteiger partial charge in [-0.1, -0.05) is 36.4 Å². The van der Waals surface area contributed by atoms with Gasteiger partial charge in [0.15, 0.2) is 0 Å². The van der Waals surface area contributed by atoms with Gasteiger partial charge < -0.3 is 20.1 Å². The van der Waals surface area contributed by atoms with Crippen LogP contribution in [0.5, 0.6) is 0 Å². The number of carbonyl (C=O) groups excluding carboxylic acids is 2. The summed E-state index contributed by atoms with van der Waals surface area (Å²) in [6, 6.07) is 15.6. The fraction of sp³-hybridized carbons (Fsp3) is 0.308. The second-order valence-electron chi connectivity index (χ2n) is 9.08. The molecule has 33 heavy (non-hydrogen) atoms. The number of aromatic nitrogens is 1. The number of H-pyrrole nitrogens is 1. The predicted octanol–water partition coefficient (Wildman–Crippen LogP) is 4.87. The molecular weight excluding hydrogens is 527 g/mol. The molecule has 0 saturated carbocycles. The van der Waals surface area contributed by atoms with Crippen molar-refractivity contribution >= 4 is 56.7 Å². The van der Waals surface area contributed by atoms with E-state index >= 15 is 0 Å². The first kappa shape index (κ1) is 20.8. The summed E-state index contributed by atoms with van der Waals surface area (Å²) in [7, 11) is 0. The Morgan fingerprint density at radius 3 is 2.61 bits per heavy atom. The first-order chi connectivity index (χ1) is 16.1. The number of benzene rings is 2. The smallest absolute Gasteiger partial charge is 0.322 e. The van der Waals surface area contributed by atoms with Gasteiger partial charge in [-0.05, 0) is 70.3 Å². The average Bonchev–Trinajstić information content (AvgIpc) is 3.48. The lowest BCUT2D eigenvalue weighted by molar-refractivity contribution is -0.133. The van der Waals surface area contributed by atoms with E-state index in [-0.39, 0.29) is 23.9 Å². The van der Waals surface area contributed by atoms with Gasteiger partial charge in [0.2, 0.25) is 5.91 Å². The molecule has 0 radical (unpaired) electrons. The highest BCUT2D eigenvalue weighted by Gasteiger charge is 2.41. The summed E-state index contributed by atoms with van der Waals surface area (Å²) in [5.74, 6) is -0.191. The fourth-order valence-electron chi connectivity index (χ4n) is 5.55. The minimum Gasteiger partial charge on any atom is -0.350 e. The van der Waals surface area contributed by atoms with E-state index in [0.717, 1.165) is 58.4 Å². The van der Waals surface area contributed by atoms with Gasteiger partial charge in [-0.25, -0.2) is 4.79 Å². The van der Waals surface area contributed by atoms with Crippen molar-refractivity contribution in [3.05, 3.63) is 69.4 Å². The van der Waals surface area contributed by atoms with E-state index in [1.807, 2.05) is 40.1 Å². The van der Waals surface area contributed by atoms with Gasteiger partial charge in [0.05, 0.1) is 15.7 Å². The normalized spacial score (nSPS) is 21.7. The molecule has 0 bridgehead atoms. The van der Waals surface area contributed by atoms with Crippen molar-refractivity contribution in [1.29, 1.82) is 0 Å². The van der Waals surface area contributed by atoms with Gasteiger partial charge in [0, 0.05) is 42.6 Å². The number of halogens is 1. The second-order valence-corrected chi connectivity index (χ2v) is 10.2. The molecule has 168 valence electrons. The first-order valence-electron chi connectivity index (χ1n) is 11.5. The van der Waals surface area contributed by atoms with Gasteiger partial charge in [0.25, 0.3) is 0 Å².